The highest BCUT2D eigenvalue weighted by atomic mass is 35.5. The second kappa shape index (κ2) is 13.7. The van der Waals surface area contributed by atoms with Gasteiger partial charge in [-0.15, -0.1) is 13.2 Å². The summed E-state index contributed by atoms with van der Waals surface area (Å²) in [6, 6.07) is 16.1. The fourth-order valence-corrected chi connectivity index (χ4v) is 4.60. The Labute approximate surface area is 264 Å². The van der Waals surface area contributed by atoms with E-state index in [2.05, 4.69) is 10.1 Å². The van der Waals surface area contributed by atoms with Crippen molar-refractivity contribution in [3.05, 3.63) is 83.5 Å². The zero-order valence-electron chi connectivity index (χ0n) is 25.4. The Bertz CT molecular complexity index is 1650. The van der Waals surface area contributed by atoms with Crippen molar-refractivity contribution >= 4 is 40.1 Å². The van der Waals surface area contributed by atoms with E-state index in [0.29, 0.717) is 39.6 Å². The minimum absolute atomic E-state index is 0.213. The van der Waals surface area contributed by atoms with E-state index in [4.69, 9.17) is 25.8 Å². The molecule has 1 N–H and O–H groups in total. The third-order valence-corrected chi connectivity index (χ3v) is 6.89. The predicted octanol–water partition coefficient (Wildman–Crippen LogP) is 8.44. The zero-order chi connectivity index (χ0) is 32.9. The van der Waals surface area contributed by atoms with Crippen LogP contribution in [0.2, 0.25) is 5.02 Å². The van der Waals surface area contributed by atoms with E-state index in [9.17, 15) is 22.8 Å². The summed E-state index contributed by atoms with van der Waals surface area (Å²) < 4.78 is 60.9. The quantitative estimate of drug-likeness (QED) is 0.164. The molecule has 8 nitrogen and oxygen atoms in total. The molecule has 0 spiro atoms. The van der Waals surface area contributed by atoms with Crippen molar-refractivity contribution in [1.82, 2.24) is 4.57 Å². The van der Waals surface area contributed by atoms with Gasteiger partial charge >= 0.3 is 12.3 Å². The van der Waals surface area contributed by atoms with Crippen LogP contribution in [-0.4, -0.2) is 42.1 Å². The Morgan fingerprint density at radius 3 is 2.27 bits per heavy atom. The van der Waals surface area contributed by atoms with Gasteiger partial charge in [0.05, 0.1) is 25.2 Å². The van der Waals surface area contributed by atoms with Crippen molar-refractivity contribution in [2.75, 3.05) is 19.0 Å². The second-order valence-corrected chi connectivity index (χ2v) is 11.8. The van der Waals surface area contributed by atoms with Crippen LogP contribution in [0.25, 0.3) is 10.9 Å². The molecule has 0 amide bonds. The summed E-state index contributed by atoms with van der Waals surface area (Å²) in [4.78, 5) is 26.4. The number of aromatic nitrogens is 1. The minimum Gasteiger partial charge on any atom is -0.497 e. The number of methoxy groups -OCH3 is 1. The molecular formula is C33H34ClF3N2O6. The fraction of sp³-hybridized carbons (Fsp3) is 0.333. The van der Waals surface area contributed by atoms with Gasteiger partial charge in [0.1, 0.15) is 28.9 Å². The number of anilines is 1. The van der Waals surface area contributed by atoms with Crippen molar-refractivity contribution in [3.8, 4) is 17.2 Å². The Kier molecular flexibility index (Phi) is 10.2. The predicted molar refractivity (Wildman–Crippen MR) is 165 cm³/mol. The average Bonchev–Trinajstić information content (AvgIpc) is 3.37. The molecule has 240 valence electrons. The van der Waals surface area contributed by atoms with Gasteiger partial charge in [0.15, 0.2) is 0 Å². The monoisotopic (exact) mass is 646 g/mol. The summed E-state index contributed by atoms with van der Waals surface area (Å²) in [5.41, 5.74) is 0.654. The Morgan fingerprint density at radius 1 is 0.933 bits per heavy atom. The van der Waals surface area contributed by atoms with Crippen LogP contribution in [-0.2, 0) is 9.53 Å². The molecule has 3 aromatic carbocycles. The Hall–Kier alpha value is -4.38. The average molecular weight is 647 g/mol. The van der Waals surface area contributed by atoms with E-state index < -0.39 is 35.6 Å². The number of alkyl halides is 3. The molecule has 0 saturated heterocycles. The lowest BCUT2D eigenvalue weighted by Crippen LogP contribution is -2.28. The number of fused-ring (bicyclic) bond motifs is 1. The number of ether oxygens (including phenoxy) is 4. The van der Waals surface area contributed by atoms with E-state index in [1.54, 1.807) is 76.2 Å². The fourth-order valence-electron chi connectivity index (χ4n) is 4.48. The van der Waals surface area contributed by atoms with Gasteiger partial charge in [0, 0.05) is 46.6 Å². The van der Waals surface area contributed by atoms with Gasteiger partial charge in [-0.25, -0.2) is 0 Å². The van der Waals surface area contributed by atoms with Crippen LogP contribution < -0.4 is 19.5 Å². The summed E-state index contributed by atoms with van der Waals surface area (Å²) in [6.45, 7) is 7.39. The summed E-state index contributed by atoms with van der Waals surface area (Å²) in [5.74, 6) is -0.771. The molecule has 0 bridgehead atoms. The summed E-state index contributed by atoms with van der Waals surface area (Å²) in [6.07, 6.45) is -3.00. The molecule has 0 saturated carbocycles. The summed E-state index contributed by atoms with van der Waals surface area (Å²) >= 11 is 6.11. The van der Waals surface area contributed by atoms with Crippen LogP contribution in [0.4, 0.5) is 18.9 Å². The largest absolute Gasteiger partial charge is 0.573 e. The van der Waals surface area contributed by atoms with E-state index in [1.165, 1.54) is 30.0 Å². The van der Waals surface area contributed by atoms with Crippen LogP contribution in [0, 0.1) is 5.92 Å². The van der Waals surface area contributed by atoms with E-state index in [1.807, 2.05) is 0 Å². The topological polar surface area (TPSA) is 88.0 Å². The summed E-state index contributed by atoms with van der Waals surface area (Å²) in [7, 11) is 1.49. The van der Waals surface area contributed by atoms with E-state index in [-0.39, 0.29) is 18.1 Å². The van der Waals surface area contributed by atoms with Gasteiger partial charge < -0.3 is 24.3 Å². The van der Waals surface area contributed by atoms with E-state index in [0.717, 1.165) is 6.07 Å². The molecule has 0 fully saturated rings. The van der Waals surface area contributed by atoms with Gasteiger partial charge in [-0.1, -0.05) is 30.7 Å². The summed E-state index contributed by atoms with van der Waals surface area (Å²) in [5, 5.41) is 4.23. The number of esters is 1. The lowest BCUT2D eigenvalue weighted by molar-refractivity contribution is -0.274. The number of hydrogen-bond donors (Lipinski definition) is 1. The maximum absolute atomic E-state index is 14.1. The first-order valence-corrected chi connectivity index (χ1v) is 14.5. The van der Waals surface area contributed by atoms with Gasteiger partial charge in [-0.3, -0.25) is 14.2 Å². The Morgan fingerprint density at radius 2 is 1.62 bits per heavy atom. The lowest BCUT2D eigenvalue weighted by Gasteiger charge is -2.22. The molecule has 0 aliphatic rings. The molecule has 4 rings (SSSR count). The van der Waals surface area contributed by atoms with Crippen LogP contribution >= 0.6 is 11.6 Å². The first-order valence-electron chi connectivity index (χ1n) is 14.1. The molecular weight excluding hydrogens is 613 g/mol. The third kappa shape index (κ3) is 9.31. The van der Waals surface area contributed by atoms with Gasteiger partial charge in [-0.2, -0.15) is 0 Å². The van der Waals surface area contributed by atoms with Gasteiger partial charge in [0.2, 0.25) is 0 Å². The third-order valence-electron chi connectivity index (χ3n) is 6.64. The molecule has 1 aromatic heterocycles. The number of halogens is 4. The van der Waals surface area contributed by atoms with Gasteiger partial charge in [0.25, 0.3) is 5.91 Å². The number of nitrogens with one attached hydrogen (secondary N) is 1. The maximum Gasteiger partial charge on any atom is 0.573 e. The van der Waals surface area contributed by atoms with Crippen LogP contribution in [0.1, 0.15) is 50.5 Å². The molecule has 12 heteroatoms. The normalized spacial score (nSPS) is 13.2. The number of carbonyl (C=O) groups is 2. The number of benzene rings is 3. The standard InChI is InChI=1S/C33H34ClF3N2O6/c1-20(31(41)45-32(2,3)4)13-15-43-27-17-24(16-26(18-27)42-5)38-29(22-6-9-23(34)10-7-22)30(40)39-14-12-21-8-11-25(19-28(21)39)44-33(35,36)37/h6-12,14,16-20,29,38H,13,15H2,1-5H3. The van der Waals surface area contributed by atoms with Crippen molar-refractivity contribution in [2.24, 2.45) is 5.92 Å². The van der Waals surface area contributed by atoms with Crippen molar-refractivity contribution in [3.63, 3.8) is 0 Å². The van der Waals surface area contributed by atoms with Crippen LogP contribution in [0.5, 0.6) is 17.2 Å². The molecule has 0 aliphatic carbocycles. The van der Waals surface area contributed by atoms with Crippen molar-refractivity contribution < 1.29 is 41.7 Å². The van der Waals surface area contributed by atoms with Crippen molar-refractivity contribution in [2.45, 2.75) is 52.1 Å². The van der Waals surface area contributed by atoms with Crippen LogP contribution in [0.15, 0.2) is 72.9 Å². The van der Waals surface area contributed by atoms with Crippen LogP contribution in [0.3, 0.4) is 0 Å². The highest BCUT2D eigenvalue weighted by Gasteiger charge is 2.31. The second-order valence-electron chi connectivity index (χ2n) is 11.4. The number of carbonyl (C=O) groups excluding carboxylic acids is 2. The molecule has 1 heterocycles. The number of nitrogens with zero attached hydrogens (tertiary/aromatic N) is 1. The first kappa shape index (κ1) is 33.5. The smallest absolute Gasteiger partial charge is 0.497 e. The highest BCUT2D eigenvalue weighted by molar-refractivity contribution is 6.30. The molecule has 2 unspecified atom stereocenters. The lowest BCUT2D eigenvalue weighted by atomic mass is 10.1. The number of hydrogen-bond acceptors (Lipinski definition) is 7. The van der Waals surface area contributed by atoms with Crippen molar-refractivity contribution in [1.29, 1.82) is 0 Å². The molecule has 4 aromatic rings. The molecule has 45 heavy (non-hydrogen) atoms. The van der Waals surface area contributed by atoms with E-state index >= 15 is 0 Å². The SMILES string of the molecule is COc1cc(NC(C(=O)n2ccc3ccc(OC(F)(F)F)cc32)c2ccc(Cl)cc2)cc(OCCC(C)C(=O)OC(C)(C)C)c1. The molecule has 0 radical (unpaired) electrons. The highest BCUT2D eigenvalue weighted by Crippen LogP contribution is 2.32. The Balaban J connectivity index is 1.61. The molecule has 2 atom stereocenters. The maximum atomic E-state index is 14.1. The number of rotatable bonds is 11. The zero-order valence-corrected chi connectivity index (χ0v) is 26.2. The first-order chi connectivity index (χ1) is 21.1. The minimum atomic E-state index is -4.89. The molecule has 0 aliphatic heterocycles. The van der Waals surface area contributed by atoms with Gasteiger partial charge in [-0.05, 0) is 63.1 Å².